The second-order valence-corrected chi connectivity index (χ2v) is 9.41. The number of nitrogens with zero attached hydrogens (tertiary/aromatic N) is 5. The molecule has 1 saturated heterocycles. The standard InChI is InChI=1S/C12H20N4O.C12H12N2OS/c1-9(2)11(16-8-6-13-14-16)12(17)15-7-4-5-10(15)3;1-9-12(16-8-14-9)11-4-2-10(3-5-11)6-13-7-15/h6,8-11H,4-5,7H2,1-3H3;2-5,7-8H,6H2,1H3,(H,13,15). The monoisotopic (exact) mass is 468 g/mol. The smallest absolute Gasteiger partial charge is 0.248 e. The van der Waals surface area contributed by atoms with Crippen molar-refractivity contribution in [3.63, 3.8) is 0 Å². The molecule has 2 aromatic heterocycles. The van der Waals surface area contributed by atoms with Gasteiger partial charge in [0.05, 0.1) is 22.3 Å². The molecule has 9 heteroatoms. The first-order valence-corrected chi connectivity index (χ1v) is 12.1. The summed E-state index contributed by atoms with van der Waals surface area (Å²) in [5.41, 5.74) is 5.18. The fourth-order valence-corrected chi connectivity index (χ4v) is 4.82. The summed E-state index contributed by atoms with van der Waals surface area (Å²) in [6, 6.07) is 8.28. The molecule has 1 aliphatic heterocycles. The van der Waals surface area contributed by atoms with E-state index >= 15 is 0 Å². The minimum atomic E-state index is -0.224. The van der Waals surface area contributed by atoms with Gasteiger partial charge in [-0.1, -0.05) is 43.3 Å². The van der Waals surface area contributed by atoms with E-state index in [1.807, 2.05) is 43.3 Å². The molecule has 1 aromatic carbocycles. The van der Waals surface area contributed by atoms with E-state index in [-0.39, 0.29) is 17.9 Å². The van der Waals surface area contributed by atoms with Gasteiger partial charge in [0.15, 0.2) is 0 Å². The number of likely N-dealkylation sites (tertiary alicyclic amines) is 1. The molecule has 2 amide bonds. The Kier molecular flexibility index (Phi) is 8.71. The summed E-state index contributed by atoms with van der Waals surface area (Å²) >= 11 is 1.64. The van der Waals surface area contributed by atoms with Crippen molar-refractivity contribution in [2.24, 2.45) is 5.92 Å². The van der Waals surface area contributed by atoms with Gasteiger partial charge in [-0.25, -0.2) is 9.67 Å². The molecule has 3 aromatic rings. The maximum atomic E-state index is 12.5. The summed E-state index contributed by atoms with van der Waals surface area (Å²) in [5.74, 6) is 0.396. The third kappa shape index (κ3) is 6.25. The Morgan fingerprint density at radius 3 is 2.58 bits per heavy atom. The molecule has 33 heavy (non-hydrogen) atoms. The summed E-state index contributed by atoms with van der Waals surface area (Å²) < 4.78 is 1.68. The molecular formula is C24H32N6O2S. The molecule has 0 aliphatic carbocycles. The van der Waals surface area contributed by atoms with Gasteiger partial charge in [0, 0.05) is 25.3 Å². The van der Waals surface area contributed by atoms with Crippen LogP contribution in [0.3, 0.4) is 0 Å². The van der Waals surface area contributed by atoms with Gasteiger partial charge in [-0.3, -0.25) is 9.59 Å². The first-order chi connectivity index (χ1) is 15.9. The van der Waals surface area contributed by atoms with E-state index in [2.05, 4.69) is 39.7 Å². The second-order valence-electron chi connectivity index (χ2n) is 8.56. The number of aromatic nitrogens is 4. The maximum Gasteiger partial charge on any atom is 0.248 e. The zero-order valence-electron chi connectivity index (χ0n) is 19.6. The van der Waals surface area contributed by atoms with E-state index in [0.717, 1.165) is 30.6 Å². The molecule has 3 heterocycles. The number of carbonyl (C=O) groups is 2. The third-order valence-corrected chi connectivity index (χ3v) is 6.78. The molecule has 0 spiro atoms. The van der Waals surface area contributed by atoms with Crippen molar-refractivity contribution in [2.75, 3.05) is 6.54 Å². The van der Waals surface area contributed by atoms with Crippen LogP contribution in [0, 0.1) is 12.8 Å². The lowest BCUT2D eigenvalue weighted by Crippen LogP contribution is -2.41. The van der Waals surface area contributed by atoms with Crippen LogP contribution in [0.25, 0.3) is 10.4 Å². The van der Waals surface area contributed by atoms with Crippen molar-refractivity contribution >= 4 is 23.7 Å². The first kappa shape index (κ1) is 24.6. The highest BCUT2D eigenvalue weighted by Crippen LogP contribution is 2.27. The van der Waals surface area contributed by atoms with Crippen molar-refractivity contribution in [1.82, 2.24) is 30.2 Å². The van der Waals surface area contributed by atoms with Gasteiger partial charge in [-0.05, 0) is 43.7 Å². The number of benzene rings is 1. The Morgan fingerprint density at radius 1 is 1.30 bits per heavy atom. The summed E-state index contributed by atoms with van der Waals surface area (Å²) in [7, 11) is 0. The van der Waals surface area contributed by atoms with Crippen LogP contribution in [0.4, 0.5) is 0 Å². The van der Waals surface area contributed by atoms with Crippen LogP contribution in [0.2, 0.25) is 0 Å². The molecule has 8 nitrogen and oxygen atoms in total. The number of nitrogens with one attached hydrogen (secondary N) is 1. The van der Waals surface area contributed by atoms with Crippen molar-refractivity contribution in [3.05, 3.63) is 53.4 Å². The van der Waals surface area contributed by atoms with Crippen LogP contribution in [0.15, 0.2) is 42.2 Å². The fourth-order valence-electron chi connectivity index (χ4n) is 4.01. The molecule has 0 bridgehead atoms. The average molecular weight is 469 g/mol. The van der Waals surface area contributed by atoms with Crippen LogP contribution in [0.5, 0.6) is 0 Å². The van der Waals surface area contributed by atoms with Crippen molar-refractivity contribution in [2.45, 2.75) is 59.2 Å². The van der Waals surface area contributed by atoms with Crippen LogP contribution < -0.4 is 5.32 Å². The van der Waals surface area contributed by atoms with Gasteiger partial charge in [-0.15, -0.1) is 16.4 Å². The Bertz CT molecular complexity index is 1020. The van der Waals surface area contributed by atoms with Crippen molar-refractivity contribution in [3.8, 4) is 10.4 Å². The molecule has 0 radical (unpaired) electrons. The van der Waals surface area contributed by atoms with E-state index in [9.17, 15) is 9.59 Å². The highest BCUT2D eigenvalue weighted by atomic mass is 32.1. The lowest BCUT2D eigenvalue weighted by molar-refractivity contribution is -0.137. The number of amides is 2. The molecule has 1 N–H and O–H groups in total. The lowest BCUT2D eigenvalue weighted by atomic mass is 10.0. The number of thiazole rings is 1. The van der Waals surface area contributed by atoms with Crippen molar-refractivity contribution in [1.29, 1.82) is 0 Å². The van der Waals surface area contributed by atoms with E-state index in [4.69, 9.17) is 0 Å². The predicted molar refractivity (Wildman–Crippen MR) is 129 cm³/mol. The number of hydrogen-bond acceptors (Lipinski definition) is 6. The number of hydrogen-bond donors (Lipinski definition) is 1. The highest BCUT2D eigenvalue weighted by molar-refractivity contribution is 7.13. The lowest BCUT2D eigenvalue weighted by Gasteiger charge is -2.28. The first-order valence-electron chi connectivity index (χ1n) is 11.2. The highest BCUT2D eigenvalue weighted by Gasteiger charge is 2.33. The summed E-state index contributed by atoms with van der Waals surface area (Å²) in [6.07, 6.45) is 6.31. The van der Waals surface area contributed by atoms with Crippen LogP contribution in [0.1, 0.15) is 50.9 Å². The van der Waals surface area contributed by atoms with Gasteiger partial charge < -0.3 is 10.2 Å². The van der Waals surface area contributed by atoms with Crippen LogP contribution in [-0.2, 0) is 16.1 Å². The van der Waals surface area contributed by atoms with E-state index in [1.165, 1.54) is 10.4 Å². The molecule has 2 atom stereocenters. The fraction of sp³-hybridized carbons (Fsp3) is 0.458. The quantitative estimate of drug-likeness (QED) is 0.532. The summed E-state index contributed by atoms with van der Waals surface area (Å²) in [6.45, 7) is 9.66. The molecule has 4 rings (SSSR count). The minimum Gasteiger partial charge on any atom is -0.355 e. The number of aryl methyl sites for hydroxylation is 1. The van der Waals surface area contributed by atoms with Gasteiger partial charge in [-0.2, -0.15) is 0 Å². The summed E-state index contributed by atoms with van der Waals surface area (Å²) in [5, 5.41) is 10.4. The molecule has 0 saturated carbocycles. The Morgan fingerprint density at radius 2 is 2.06 bits per heavy atom. The molecule has 176 valence electrons. The normalized spacial score (nSPS) is 16.3. The number of rotatable bonds is 7. The van der Waals surface area contributed by atoms with Gasteiger partial charge in [0.2, 0.25) is 12.3 Å². The largest absolute Gasteiger partial charge is 0.355 e. The SMILES string of the molecule is CC(C)C(C(=O)N1CCCC1C)n1ccnn1.Cc1ncsc1-c1ccc(CNC=O)cc1. The Labute approximate surface area is 199 Å². The molecule has 1 fully saturated rings. The zero-order valence-corrected chi connectivity index (χ0v) is 20.5. The van der Waals surface area contributed by atoms with E-state index in [0.29, 0.717) is 19.0 Å². The van der Waals surface area contributed by atoms with Crippen LogP contribution in [-0.4, -0.2) is 49.8 Å². The zero-order chi connectivity index (χ0) is 23.8. The van der Waals surface area contributed by atoms with Crippen LogP contribution >= 0.6 is 11.3 Å². The molecular weight excluding hydrogens is 436 g/mol. The Hall–Kier alpha value is -3.07. The summed E-state index contributed by atoms with van der Waals surface area (Å²) in [4.78, 5) is 30.1. The van der Waals surface area contributed by atoms with E-state index < -0.39 is 0 Å². The molecule has 1 aliphatic rings. The Balaban J connectivity index is 0.000000186. The number of carbonyl (C=O) groups excluding carboxylic acids is 2. The average Bonchev–Trinajstić information content (AvgIpc) is 3.56. The second kappa shape index (κ2) is 11.7. The van der Waals surface area contributed by atoms with E-state index in [1.54, 1.807) is 28.4 Å². The molecule has 2 unspecified atom stereocenters. The topological polar surface area (TPSA) is 93.0 Å². The van der Waals surface area contributed by atoms with Gasteiger partial charge in [0.25, 0.3) is 0 Å². The van der Waals surface area contributed by atoms with Crippen molar-refractivity contribution < 1.29 is 9.59 Å². The van der Waals surface area contributed by atoms with Gasteiger partial charge >= 0.3 is 0 Å². The van der Waals surface area contributed by atoms with Gasteiger partial charge in [0.1, 0.15) is 6.04 Å². The maximum absolute atomic E-state index is 12.5. The minimum absolute atomic E-state index is 0.176. The third-order valence-electron chi connectivity index (χ3n) is 5.80. The predicted octanol–water partition coefficient (Wildman–Crippen LogP) is 3.85.